The topological polar surface area (TPSA) is 13.1 Å². The van der Waals surface area contributed by atoms with E-state index < -0.39 is 0 Å². The summed E-state index contributed by atoms with van der Waals surface area (Å²) in [6.45, 7) is 2.09. The van der Waals surface area contributed by atoms with Crippen molar-refractivity contribution in [3.05, 3.63) is 72.3 Å². The molecule has 96 valence electrons. The molecule has 0 spiro atoms. The highest BCUT2D eigenvalue weighted by Gasteiger charge is 2.08. The molecule has 4 rings (SSSR count). The van der Waals surface area contributed by atoms with E-state index in [9.17, 15) is 0 Å². The van der Waals surface area contributed by atoms with Gasteiger partial charge in [-0.1, -0.05) is 48.5 Å². The molecule has 0 amide bonds. The van der Waals surface area contributed by atoms with Crippen LogP contribution in [0.1, 0.15) is 5.56 Å². The monoisotopic (exact) mass is 258 g/mol. The van der Waals surface area contributed by atoms with Gasteiger partial charge in [0.05, 0.1) is 0 Å². The van der Waals surface area contributed by atoms with Gasteiger partial charge in [-0.2, -0.15) is 0 Å². The van der Waals surface area contributed by atoms with Gasteiger partial charge in [0.15, 0.2) is 0 Å². The third-order valence-corrected chi connectivity index (χ3v) is 3.73. The summed E-state index contributed by atoms with van der Waals surface area (Å²) < 4.78 is 5.92. The molecular weight excluding hydrogens is 244 g/mol. The van der Waals surface area contributed by atoms with Crippen molar-refractivity contribution in [3.63, 3.8) is 0 Å². The minimum Gasteiger partial charge on any atom is -0.456 e. The molecule has 0 radical (unpaired) electrons. The van der Waals surface area contributed by atoms with Gasteiger partial charge in [-0.15, -0.1) is 0 Å². The van der Waals surface area contributed by atoms with Crippen LogP contribution >= 0.6 is 0 Å². The number of furan rings is 1. The van der Waals surface area contributed by atoms with E-state index in [1.807, 2.05) is 6.07 Å². The van der Waals surface area contributed by atoms with Gasteiger partial charge < -0.3 is 4.42 Å². The van der Waals surface area contributed by atoms with Crippen molar-refractivity contribution in [1.82, 2.24) is 0 Å². The Kier molecular flexibility index (Phi) is 2.40. The fraction of sp³-hybridized carbons (Fsp3) is 0.0526. The maximum absolute atomic E-state index is 5.92. The number of benzene rings is 3. The molecule has 1 heteroatoms. The van der Waals surface area contributed by atoms with Crippen LogP contribution in [0.15, 0.2) is 71.1 Å². The Labute approximate surface area is 117 Å². The maximum Gasteiger partial charge on any atom is 0.135 e. The first-order valence-electron chi connectivity index (χ1n) is 6.79. The average Bonchev–Trinajstić information content (AvgIpc) is 2.84. The van der Waals surface area contributed by atoms with Crippen molar-refractivity contribution in [2.45, 2.75) is 6.92 Å². The molecule has 0 aliphatic carbocycles. The van der Waals surface area contributed by atoms with Crippen LogP contribution in [0, 0.1) is 6.92 Å². The minimum absolute atomic E-state index is 0.949. The normalized spacial score (nSPS) is 11.2. The Hall–Kier alpha value is -2.54. The van der Waals surface area contributed by atoms with Crippen molar-refractivity contribution in [1.29, 1.82) is 0 Å². The van der Waals surface area contributed by atoms with E-state index in [4.69, 9.17) is 4.42 Å². The van der Waals surface area contributed by atoms with Gasteiger partial charge in [-0.05, 0) is 41.8 Å². The molecule has 0 aliphatic rings. The van der Waals surface area contributed by atoms with Crippen LogP contribution in [0.3, 0.4) is 0 Å². The summed E-state index contributed by atoms with van der Waals surface area (Å²) in [4.78, 5) is 0. The van der Waals surface area contributed by atoms with Crippen LogP contribution in [-0.2, 0) is 0 Å². The molecule has 0 atom stereocenters. The highest BCUT2D eigenvalue weighted by atomic mass is 16.3. The lowest BCUT2D eigenvalue weighted by atomic mass is 10.0. The number of fused-ring (bicyclic) bond motifs is 3. The van der Waals surface area contributed by atoms with Crippen LogP contribution in [0.2, 0.25) is 0 Å². The molecule has 0 aliphatic heterocycles. The molecule has 1 aromatic heterocycles. The molecule has 1 nitrogen and oxygen atoms in total. The first-order chi connectivity index (χ1) is 9.81. The first kappa shape index (κ1) is 11.3. The molecule has 0 unspecified atom stereocenters. The summed E-state index contributed by atoms with van der Waals surface area (Å²) in [5, 5.41) is 2.37. The fourth-order valence-electron chi connectivity index (χ4n) is 2.69. The zero-order valence-electron chi connectivity index (χ0n) is 11.3. The Balaban J connectivity index is 2.01. The van der Waals surface area contributed by atoms with E-state index in [0.29, 0.717) is 0 Å². The van der Waals surface area contributed by atoms with E-state index in [1.54, 1.807) is 0 Å². The number of rotatable bonds is 1. The van der Waals surface area contributed by atoms with Crippen molar-refractivity contribution < 1.29 is 4.42 Å². The third-order valence-electron chi connectivity index (χ3n) is 3.73. The highest BCUT2D eigenvalue weighted by molar-refractivity contribution is 6.06. The van der Waals surface area contributed by atoms with Gasteiger partial charge in [-0.25, -0.2) is 0 Å². The molecule has 0 fully saturated rings. The lowest BCUT2D eigenvalue weighted by Crippen LogP contribution is -1.76. The Bertz CT molecular complexity index is 901. The van der Waals surface area contributed by atoms with Crippen molar-refractivity contribution in [2.24, 2.45) is 0 Å². The van der Waals surface area contributed by atoms with Crippen LogP contribution < -0.4 is 0 Å². The molecular formula is C19H14O. The molecule has 1 heterocycles. The van der Waals surface area contributed by atoms with E-state index in [1.165, 1.54) is 27.5 Å². The van der Waals surface area contributed by atoms with Crippen LogP contribution in [0.4, 0.5) is 0 Å². The number of hydrogen-bond acceptors (Lipinski definition) is 1. The molecule has 0 bridgehead atoms. The van der Waals surface area contributed by atoms with Gasteiger partial charge in [0.25, 0.3) is 0 Å². The Morgan fingerprint density at radius 2 is 1.50 bits per heavy atom. The van der Waals surface area contributed by atoms with Crippen molar-refractivity contribution in [3.8, 4) is 11.1 Å². The summed E-state index contributed by atoms with van der Waals surface area (Å²) >= 11 is 0. The van der Waals surface area contributed by atoms with Gasteiger partial charge in [0.2, 0.25) is 0 Å². The highest BCUT2D eigenvalue weighted by Crippen LogP contribution is 2.32. The van der Waals surface area contributed by atoms with Gasteiger partial charge in [-0.3, -0.25) is 0 Å². The van der Waals surface area contributed by atoms with E-state index in [0.717, 1.165) is 11.2 Å². The quantitative estimate of drug-likeness (QED) is 0.435. The summed E-state index contributed by atoms with van der Waals surface area (Å²) in [5.41, 5.74) is 5.59. The number of aryl methyl sites for hydroxylation is 1. The van der Waals surface area contributed by atoms with Crippen LogP contribution in [0.25, 0.3) is 33.1 Å². The lowest BCUT2D eigenvalue weighted by Gasteiger charge is -2.01. The molecule has 3 aromatic carbocycles. The molecule has 20 heavy (non-hydrogen) atoms. The van der Waals surface area contributed by atoms with Crippen LogP contribution in [-0.4, -0.2) is 0 Å². The molecule has 4 aromatic rings. The first-order valence-corrected chi connectivity index (χ1v) is 6.79. The largest absolute Gasteiger partial charge is 0.456 e. The minimum atomic E-state index is 0.949. The van der Waals surface area contributed by atoms with E-state index >= 15 is 0 Å². The van der Waals surface area contributed by atoms with Crippen molar-refractivity contribution in [2.75, 3.05) is 0 Å². The lowest BCUT2D eigenvalue weighted by molar-refractivity contribution is 0.668. The van der Waals surface area contributed by atoms with Crippen molar-refractivity contribution >= 4 is 21.9 Å². The second-order valence-corrected chi connectivity index (χ2v) is 5.18. The molecule has 0 N–H and O–H groups in total. The average molecular weight is 258 g/mol. The zero-order valence-corrected chi connectivity index (χ0v) is 11.3. The second kappa shape index (κ2) is 4.24. The predicted octanol–water partition coefficient (Wildman–Crippen LogP) is 5.56. The third kappa shape index (κ3) is 1.71. The number of hydrogen-bond donors (Lipinski definition) is 0. The standard InChI is InChI=1S/C19H14O/c1-13-7-9-16-17-12-15(14-5-3-2-4-6-14)8-10-18(17)20-19(16)11-13/h2-12H,1H3. The zero-order chi connectivity index (χ0) is 13.5. The SMILES string of the molecule is Cc1ccc2c(c1)oc1ccc(-c3ccccc3)cc12. The molecule has 0 saturated carbocycles. The Morgan fingerprint density at radius 1 is 0.650 bits per heavy atom. The predicted molar refractivity (Wildman–Crippen MR) is 83.9 cm³/mol. The fourth-order valence-corrected chi connectivity index (χ4v) is 2.69. The second-order valence-electron chi connectivity index (χ2n) is 5.18. The summed E-state index contributed by atoms with van der Waals surface area (Å²) in [7, 11) is 0. The van der Waals surface area contributed by atoms with Gasteiger partial charge in [0.1, 0.15) is 11.2 Å². The van der Waals surface area contributed by atoms with E-state index in [-0.39, 0.29) is 0 Å². The summed E-state index contributed by atoms with van der Waals surface area (Å²) in [5.74, 6) is 0. The van der Waals surface area contributed by atoms with Crippen LogP contribution in [0.5, 0.6) is 0 Å². The summed E-state index contributed by atoms with van der Waals surface area (Å²) in [6, 6.07) is 23.2. The summed E-state index contributed by atoms with van der Waals surface area (Å²) in [6.07, 6.45) is 0. The smallest absolute Gasteiger partial charge is 0.135 e. The maximum atomic E-state index is 5.92. The van der Waals surface area contributed by atoms with Gasteiger partial charge in [0, 0.05) is 10.8 Å². The Morgan fingerprint density at radius 3 is 2.35 bits per heavy atom. The van der Waals surface area contributed by atoms with Gasteiger partial charge >= 0.3 is 0 Å². The molecule has 0 saturated heterocycles. The van der Waals surface area contributed by atoms with E-state index in [2.05, 4.69) is 67.6 Å².